The summed E-state index contributed by atoms with van der Waals surface area (Å²) in [5, 5.41) is 6.89. The van der Waals surface area contributed by atoms with Gasteiger partial charge in [-0.15, -0.1) is 0 Å². The van der Waals surface area contributed by atoms with E-state index in [2.05, 4.69) is 10.6 Å². The van der Waals surface area contributed by atoms with Crippen molar-refractivity contribution in [1.82, 2.24) is 29.6 Å². The van der Waals surface area contributed by atoms with Crippen LogP contribution in [0.1, 0.15) is 77.5 Å². The van der Waals surface area contributed by atoms with Gasteiger partial charge in [-0.3, -0.25) is 27.8 Å². The molecule has 0 aliphatic carbocycles. The van der Waals surface area contributed by atoms with Gasteiger partial charge < -0.3 is 38.4 Å². The Morgan fingerprint density at radius 1 is 0.523 bits per heavy atom. The minimum absolute atomic E-state index is 0.218. The molecule has 456 valence electrons. The second kappa shape index (κ2) is 23.0. The van der Waals surface area contributed by atoms with Crippen molar-refractivity contribution in [1.29, 1.82) is 0 Å². The quantitative estimate of drug-likeness (QED) is 0.111. The molecule has 0 spiro atoms. The number of hydrogen-bond acceptors (Lipinski definition) is 10. The summed E-state index contributed by atoms with van der Waals surface area (Å²) < 4.78 is 125. The number of likely N-dealkylation sites (tertiary alicyclic amines) is 2. The number of furan rings is 2. The number of hydrogen-bond donors (Lipinski definition) is 2. The largest absolute Gasteiger partial charge is 0.455 e. The maximum atomic E-state index is 14.4. The van der Waals surface area contributed by atoms with Crippen molar-refractivity contribution in [2.24, 2.45) is 14.1 Å². The number of rotatable bonds is 12. The lowest BCUT2D eigenvalue weighted by Crippen LogP contribution is -2.30. The first-order chi connectivity index (χ1) is 41.8. The summed E-state index contributed by atoms with van der Waals surface area (Å²) in [5.41, 5.74) is 5.82. The highest BCUT2D eigenvalue weighted by atomic mass is 32.2. The highest BCUT2D eigenvalue weighted by Crippen LogP contribution is 2.45. The molecule has 2 N–H and O–H groups in total. The van der Waals surface area contributed by atoms with Crippen LogP contribution in [0.25, 0.3) is 66.4 Å². The fourth-order valence-electron chi connectivity index (χ4n) is 11.9. The highest BCUT2D eigenvalue weighted by Gasteiger charge is 2.37. The Labute approximate surface area is 503 Å². The zero-order valence-electron chi connectivity index (χ0n) is 49.0. The predicted octanol–water partition coefficient (Wildman–Crippen LogP) is 10.5. The van der Waals surface area contributed by atoms with Crippen LogP contribution < -0.4 is 19.2 Å². The fraction of sp³-hybridized carbons (Fsp3) is 0.250. The van der Waals surface area contributed by atoms with E-state index in [0.29, 0.717) is 104 Å². The van der Waals surface area contributed by atoms with Crippen LogP contribution in [0.5, 0.6) is 0 Å². The zero-order chi connectivity index (χ0) is 63.0. The summed E-state index contributed by atoms with van der Waals surface area (Å²) in [6.07, 6.45) is 3.23. The number of amides is 4. The van der Waals surface area contributed by atoms with Gasteiger partial charge in [-0.05, 0) is 121 Å². The van der Waals surface area contributed by atoms with Crippen molar-refractivity contribution in [2.75, 3.05) is 75.5 Å². The molecule has 2 aliphatic rings. The van der Waals surface area contributed by atoms with Crippen molar-refractivity contribution in [2.45, 2.75) is 24.7 Å². The Balaban J connectivity index is 0.000000182. The standard InChI is InChI=1S/2C32H30F2N4O5S/c2*1-35-31(39)29-23-14-21(19-12-13-38(17-19)32(40)27-15-22-24(34)6-5-7-25(22)36(27)2)26(37(3)44(4,41)42)16-28(23)43-30(29)18-8-10-20(33)11-9-18/h2*5-11,14-16,19H,12-13,17H2,1-4H3,(H,35,39)/t2*19-/m10/s1. The van der Waals surface area contributed by atoms with E-state index in [0.717, 1.165) is 21.1 Å². The van der Waals surface area contributed by atoms with Crippen molar-refractivity contribution in [3.8, 4) is 22.6 Å². The number of aromatic nitrogens is 2. The highest BCUT2D eigenvalue weighted by molar-refractivity contribution is 7.92. The molecule has 2 aliphatic heterocycles. The maximum Gasteiger partial charge on any atom is 0.270 e. The molecule has 6 heterocycles. The molecule has 0 bridgehead atoms. The fourth-order valence-corrected chi connectivity index (χ4v) is 13.0. The average molecular weight is 1240 g/mol. The van der Waals surface area contributed by atoms with Gasteiger partial charge in [-0.25, -0.2) is 34.4 Å². The third-order valence-electron chi connectivity index (χ3n) is 16.8. The van der Waals surface area contributed by atoms with E-state index in [1.54, 1.807) is 93.7 Å². The van der Waals surface area contributed by atoms with Crippen LogP contribution in [-0.4, -0.2) is 126 Å². The summed E-state index contributed by atoms with van der Waals surface area (Å²) in [7, 11) is 1.87. The smallest absolute Gasteiger partial charge is 0.270 e. The third-order valence-corrected chi connectivity index (χ3v) is 19.2. The molecule has 88 heavy (non-hydrogen) atoms. The first kappa shape index (κ1) is 60.3. The van der Waals surface area contributed by atoms with Gasteiger partial charge in [0.05, 0.1) is 46.0 Å². The first-order valence-corrected chi connectivity index (χ1v) is 31.6. The van der Waals surface area contributed by atoms with Gasteiger partial charge in [0, 0.05) is 125 Å². The second-order valence-electron chi connectivity index (χ2n) is 22.1. The first-order valence-electron chi connectivity index (χ1n) is 27.9. The molecular weight excluding hydrogens is 1180 g/mol. The summed E-state index contributed by atoms with van der Waals surface area (Å²) >= 11 is 0. The van der Waals surface area contributed by atoms with E-state index in [-0.39, 0.29) is 70.6 Å². The molecule has 24 heteroatoms. The van der Waals surface area contributed by atoms with Gasteiger partial charge in [0.2, 0.25) is 20.0 Å². The molecule has 6 aromatic carbocycles. The van der Waals surface area contributed by atoms with Gasteiger partial charge in [0.25, 0.3) is 23.6 Å². The predicted molar refractivity (Wildman–Crippen MR) is 329 cm³/mol. The SMILES string of the molecule is CNC(=O)c1c(-c2ccc(F)cc2)oc2cc(N(C)S(C)(=O)=O)c([C@@H]3CCN(C(=O)c4cc5c(F)cccc5n4C)C3)cc12.CNC(=O)c1c(-c2ccc(F)cc2)oc2cc(N(C)S(C)(=O)=O)c([C@H]3CCN(C(=O)c4cc5c(F)cccc5n4C)C3)cc12. The summed E-state index contributed by atoms with van der Waals surface area (Å²) in [6.45, 7) is 1.33. The topological polar surface area (TPSA) is 210 Å². The normalized spacial score (nSPS) is 15.3. The number of sulfonamides is 2. The van der Waals surface area contributed by atoms with E-state index in [4.69, 9.17) is 8.83 Å². The van der Waals surface area contributed by atoms with E-state index >= 15 is 0 Å². The molecule has 4 aromatic heterocycles. The number of nitrogens with one attached hydrogen (secondary N) is 2. The van der Waals surface area contributed by atoms with Crippen LogP contribution in [0, 0.1) is 23.3 Å². The third kappa shape index (κ3) is 10.9. The number of nitrogens with zero attached hydrogens (tertiary/aromatic N) is 6. The van der Waals surface area contributed by atoms with Gasteiger partial charge in [-0.1, -0.05) is 12.1 Å². The molecule has 0 unspecified atom stereocenters. The lowest BCUT2D eigenvalue weighted by molar-refractivity contribution is 0.0774. The van der Waals surface area contributed by atoms with Gasteiger partial charge >= 0.3 is 0 Å². The lowest BCUT2D eigenvalue weighted by Gasteiger charge is -2.24. The number of carbonyl (C=O) groups excluding carboxylic acids is 4. The van der Waals surface area contributed by atoms with E-state index in [1.165, 1.54) is 88.9 Å². The van der Waals surface area contributed by atoms with Crippen LogP contribution in [0.2, 0.25) is 0 Å². The number of halogens is 4. The van der Waals surface area contributed by atoms with Crippen LogP contribution >= 0.6 is 0 Å². The number of benzene rings is 6. The molecule has 4 amide bonds. The Kier molecular flexibility index (Phi) is 15.8. The second-order valence-corrected chi connectivity index (χ2v) is 26.1. The molecule has 0 saturated carbocycles. The Morgan fingerprint density at radius 2 is 0.886 bits per heavy atom. The number of carbonyl (C=O) groups is 4. The molecule has 10 aromatic rings. The minimum Gasteiger partial charge on any atom is -0.455 e. The van der Waals surface area contributed by atoms with E-state index in [1.807, 2.05) is 0 Å². The van der Waals surface area contributed by atoms with Crippen LogP contribution in [0.4, 0.5) is 28.9 Å². The number of aryl methyl sites for hydroxylation is 2. The Morgan fingerprint density at radius 3 is 1.22 bits per heavy atom. The molecular formula is C64H60F4N8O10S2. The average Bonchev–Trinajstić information content (AvgIpc) is 2.08. The molecule has 12 rings (SSSR count). The van der Waals surface area contributed by atoms with Gasteiger partial charge in [0.15, 0.2) is 0 Å². The molecule has 18 nitrogen and oxygen atoms in total. The minimum atomic E-state index is -3.70. The van der Waals surface area contributed by atoms with E-state index < -0.39 is 55.1 Å². The van der Waals surface area contributed by atoms with Crippen molar-refractivity contribution in [3.63, 3.8) is 0 Å². The lowest BCUT2D eigenvalue weighted by atomic mass is 9.93. The molecule has 2 saturated heterocycles. The van der Waals surface area contributed by atoms with Crippen LogP contribution in [0.3, 0.4) is 0 Å². The zero-order valence-corrected chi connectivity index (χ0v) is 50.7. The van der Waals surface area contributed by atoms with Gasteiger partial charge in [0.1, 0.15) is 57.3 Å². The monoisotopic (exact) mass is 1240 g/mol. The van der Waals surface area contributed by atoms with Gasteiger partial charge in [-0.2, -0.15) is 0 Å². The Bertz CT molecular complexity index is 4430. The van der Waals surface area contributed by atoms with Crippen molar-refractivity contribution in [3.05, 3.63) is 178 Å². The number of fused-ring (bicyclic) bond motifs is 4. The van der Waals surface area contributed by atoms with Crippen molar-refractivity contribution < 1.29 is 62.4 Å². The summed E-state index contributed by atoms with van der Waals surface area (Å²) in [4.78, 5) is 57.0. The summed E-state index contributed by atoms with van der Waals surface area (Å²) in [6, 6.07) is 30.2. The van der Waals surface area contributed by atoms with Crippen LogP contribution in [0.15, 0.2) is 130 Å². The maximum absolute atomic E-state index is 14.4. The van der Waals surface area contributed by atoms with E-state index in [9.17, 15) is 53.6 Å². The van der Waals surface area contributed by atoms with Crippen molar-refractivity contribution >= 4 is 98.8 Å². The molecule has 0 radical (unpaired) electrons. The van der Waals surface area contributed by atoms with Crippen LogP contribution in [-0.2, 0) is 34.1 Å². The summed E-state index contributed by atoms with van der Waals surface area (Å²) in [5.74, 6) is -3.23. The number of anilines is 2. The molecule has 2 fully saturated rings. The Hall–Kier alpha value is -9.42. The molecule has 2 atom stereocenters.